The minimum atomic E-state index is -3.74. The van der Waals surface area contributed by atoms with Gasteiger partial charge in [-0.1, -0.05) is 13.0 Å². The van der Waals surface area contributed by atoms with E-state index in [1.54, 1.807) is 6.07 Å². The van der Waals surface area contributed by atoms with Crippen LogP contribution in [0.25, 0.3) is 0 Å². The molecule has 0 aliphatic heterocycles. The van der Waals surface area contributed by atoms with Crippen LogP contribution in [0.1, 0.15) is 24.5 Å². The summed E-state index contributed by atoms with van der Waals surface area (Å²) in [4.78, 5) is 11.2. The van der Waals surface area contributed by atoms with Crippen molar-refractivity contribution in [1.82, 2.24) is 0 Å². The summed E-state index contributed by atoms with van der Waals surface area (Å²) < 4.78 is 27.1. The number of esters is 1. The molecule has 0 saturated heterocycles. The second kappa shape index (κ2) is 6.20. The summed E-state index contributed by atoms with van der Waals surface area (Å²) in [5.41, 5.74) is 1.81. The Labute approximate surface area is 111 Å². The molecule has 0 fully saturated rings. The maximum atomic E-state index is 11.3. The third-order valence-electron chi connectivity index (χ3n) is 2.67. The normalized spacial score (nSPS) is 11.3. The van der Waals surface area contributed by atoms with Gasteiger partial charge in [-0.15, -0.1) is 0 Å². The van der Waals surface area contributed by atoms with Crippen molar-refractivity contribution in [2.75, 3.05) is 7.11 Å². The van der Waals surface area contributed by atoms with Crippen LogP contribution in [0.2, 0.25) is 0 Å². The molecule has 0 aromatic heterocycles. The molecule has 0 aliphatic carbocycles. The molecule has 0 bridgehead atoms. The molecule has 4 nitrogen and oxygen atoms in total. The number of benzene rings is 1. The summed E-state index contributed by atoms with van der Waals surface area (Å²) in [5.74, 6) is -0.323. The van der Waals surface area contributed by atoms with Crippen LogP contribution in [-0.4, -0.2) is 21.5 Å². The molecule has 0 unspecified atom stereocenters. The van der Waals surface area contributed by atoms with E-state index in [1.165, 1.54) is 19.2 Å². The zero-order valence-electron chi connectivity index (χ0n) is 10.3. The second-order valence-corrected chi connectivity index (χ2v) is 6.36. The fourth-order valence-electron chi connectivity index (χ4n) is 1.67. The number of carbonyl (C=O) groups excluding carboxylic acids is 1. The van der Waals surface area contributed by atoms with Gasteiger partial charge < -0.3 is 4.74 Å². The Morgan fingerprint density at radius 1 is 1.33 bits per heavy atom. The summed E-state index contributed by atoms with van der Waals surface area (Å²) in [6, 6.07) is 4.72. The lowest BCUT2D eigenvalue weighted by Crippen LogP contribution is -2.04. The maximum absolute atomic E-state index is 11.3. The van der Waals surface area contributed by atoms with Gasteiger partial charge in [0.1, 0.15) is 0 Å². The highest BCUT2D eigenvalue weighted by Crippen LogP contribution is 2.21. The molecule has 0 heterocycles. The molecule has 1 aromatic carbocycles. The Morgan fingerprint density at radius 2 is 2.00 bits per heavy atom. The van der Waals surface area contributed by atoms with Gasteiger partial charge in [0, 0.05) is 17.1 Å². The predicted octanol–water partition coefficient (Wildman–Crippen LogP) is 2.28. The third kappa shape index (κ3) is 3.99. The Balaban J connectivity index is 3.03. The largest absolute Gasteiger partial charge is 0.469 e. The Hall–Kier alpha value is -1.07. The van der Waals surface area contributed by atoms with Crippen LogP contribution in [0, 0.1) is 0 Å². The third-order valence-corrected chi connectivity index (χ3v) is 4.02. The number of halogens is 1. The van der Waals surface area contributed by atoms with E-state index >= 15 is 0 Å². The standard InChI is InChI=1S/C12H15ClO4S/c1-3-9-4-6-11(18(13,15)16)8-10(9)5-7-12(14)17-2/h4,6,8H,3,5,7H2,1-2H3. The van der Waals surface area contributed by atoms with Crippen LogP contribution in [0.4, 0.5) is 0 Å². The molecular weight excluding hydrogens is 276 g/mol. The number of aryl methyl sites for hydroxylation is 2. The van der Waals surface area contributed by atoms with Crippen molar-refractivity contribution in [2.45, 2.75) is 31.1 Å². The van der Waals surface area contributed by atoms with Crippen LogP contribution in [0.15, 0.2) is 23.1 Å². The molecule has 0 atom stereocenters. The number of carbonyl (C=O) groups is 1. The number of ether oxygens (including phenoxy) is 1. The van der Waals surface area contributed by atoms with E-state index in [2.05, 4.69) is 4.74 Å². The van der Waals surface area contributed by atoms with Crippen LogP contribution in [-0.2, 0) is 31.4 Å². The van der Waals surface area contributed by atoms with E-state index in [0.29, 0.717) is 6.42 Å². The lowest BCUT2D eigenvalue weighted by Gasteiger charge is -2.08. The summed E-state index contributed by atoms with van der Waals surface area (Å²) >= 11 is 0. The highest BCUT2D eigenvalue weighted by atomic mass is 35.7. The van der Waals surface area contributed by atoms with Crippen molar-refractivity contribution in [3.8, 4) is 0 Å². The van der Waals surface area contributed by atoms with Gasteiger partial charge in [-0.25, -0.2) is 8.42 Å². The first-order valence-electron chi connectivity index (χ1n) is 5.51. The lowest BCUT2D eigenvalue weighted by molar-refractivity contribution is -0.140. The van der Waals surface area contributed by atoms with Gasteiger partial charge in [0.05, 0.1) is 12.0 Å². The van der Waals surface area contributed by atoms with E-state index in [-0.39, 0.29) is 17.3 Å². The van der Waals surface area contributed by atoms with Gasteiger partial charge in [-0.2, -0.15) is 0 Å². The topological polar surface area (TPSA) is 60.4 Å². The minimum Gasteiger partial charge on any atom is -0.469 e. The lowest BCUT2D eigenvalue weighted by atomic mass is 10.0. The van der Waals surface area contributed by atoms with Gasteiger partial charge in [0.2, 0.25) is 0 Å². The van der Waals surface area contributed by atoms with E-state index in [0.717, 1.165) is 17.5 Å². The zero-order chi connectivity index (χ0) is 13.8. The van der Waals surface area contributed by atoms with E-state index < -0.39 is 9.05 Å². The molecule has 0 radical (unpaired) electrons. The van der Waals surface area contributed by atoms with E-state index in [9.17, 15) is 13.2 Å². The monoisotopic (exact) mass is 290 g/mol. The maximum Gasteiger partial charge on any atom is 0.305 e. The summed E-state index contributed by atoms with van der Waals surface area (Å²) in [7, 11) is 2.88. The molecule has 0 aliphatic rings. The molecule has 18 heavy (non-hydrogen) atoms. The van der Waals surface area contributed by atoms with Gasteiger partial charge in [0.25, 0.3) is 9.05 Å². The molecule has 1 aromatic rings. The van der Waals surface area contributed by atoms with E-state index in [1.807, 2.05) is 6.92 Å². The SMILES string of the molecule is CCc1ccc(S(=O)(=O)Cl)cc1CCC(=O)OC. The van der Waals surface area contributed by atoms with Gasteiger partial charge >= 0.3 is 5.97 Å². The van der Waals surface area contributed by atoms with Crippen molar-refractivity contribution in [3.05, 3.63) is 29.3 Å². The average Bonchev–Trinajstić information content (AvgIpc) is 2.34. The minimum absolute atomic E-state index is 0.0567. The zero-order valence-corrected chi connectivity index (χ0v) is 11.8. The Kier molecular flexibility index (Phi) is 5.16. The average molecular weight is 291 g/mol. The highest BCUT2D eigenvalue weighted by Gasteiger charge is 2.13. The fourth-order valence-corrected chi connectivity index (χ4v) is 2.47. The number of hydrogen-bond donors (Lipinski definition) is 0. The second-order valence-electron chi connectivity index (χ2n) is 3.80. The van der Waals surface area contributed by atoms with Crippen molar-refractivity contribution < 1.29 is 17.9 Å². The first-order chi connectivity index (χ1) is 8.38. The molecule has 0 spiro atoms. The van der Waals surface area contributed by atoms with Crippen molar-refractivity contribution in [3.63, 3.8) is 0 Å². The molecule has 0 N–H and O–H groups in total. The van der Waals surface area contributed by atoms with Crippen LogP contribution in [0.5, 0.6) is 0 Å². The number of rotatable bonds is 5. The molecule has 100 valence electrons. The van der Waals surface area contributed by atoms with Crippen molar-refractivity contribution in [2.24, 2.45) is 0 Å². The van der Waals surface area contributed by atoms with Gasteiger partial charge in [0.15, 0.2) is 0 Å². The molecule has 0 saturated carbocycles. The molecule has 6 heteroatoms. The molecule has 1 rings (SSSR count). The summed E-state index contributed by atoms with van der Waals surface area (Å²) in [6.07, 6.45) is 1.42. The van der Waals surface area contributed by atoms with Crippen molar-refractivity contribution in [1.29, 1.82) is 0 Å². The van der Waals surface area contributed by atoms with Crippen LogP contribution in [0.3, 0.4) is 0 Å². The number of hydrogen-bond acceptors (Lipinski definition) is 4. The molecule has 0 amide bonds. The summed E-state index contributed by atoms with van der Waals surface area (Å²) in [6.45, 7) is 1.96. The quantitative estimate of drug-likeness (QED) is 0.616. The smallest absolute Gasteiger partial charge is 0.305 e. The van der Waals surface area contributed by atoms with E-state index in [4.69, 9.17) is 10.7 Å². The van der Waals surface area contributed by atoms with Gasteiger partial charge in [-0.3, -0.25) is 4.79 Å². The first kappa shape index (κ1) is 15.0. The Bertz CT molecular complexity index is 537. The van der Waals surface area contributed by atoms with Gasteiger partial charge in [-0.05, 0) is 36.1 Å². The fraction of sp³-hybridized carbons (Fsp3) is 0.417. The van der Waals surface area contributed by atoms with Crippen LogP contribution >= 0.6 is 10.7 Å². The van der Waals surface area contributed by atoms with Crippen LogP contribution < -0.4 is 0 Å². The first-order valence-corrected chi connectivity index (χ1v) is 7.82. The Morgan fingerprint density at radius 3 is 2.50 bits per heavy atom. The van der Waals surface area contributed by atoms with Crippen molar-refractivity contribution >= 4 is 25.7 Å². The summed E-state index contributed by atoms with van der Waals surface area (Å²) in [5, 5.41) is 0. The molecular formula is C12H15ClO4S. The highest BCUT2D eigenvalue weighted by molar-refractivity contribution is 8.13. The predicted molar refractivity (Wildman–Crippen MR) is 69.2 cm³/mol. The number of methoxy groups -OCH3 is 1.